The van der Waals surface area contributed by atoms with E-state index in [2.05, 4.69) is 0 Å². The highest BCUT2D eigenvalue weighted by atomic mass is 19.2. The first-order valence-electron chi connectivity index (χ1n) is 5.57. The van der Waals surface area contributed by atoms with Crippen LogP contribution in [0.2, 0.25) is 0 Å². The van der Waals surface area contributed by atoms with Gasteiger partial charge < -0.3 is 14.7 Å². The Labute approximate surface area is 99.6 Å². The lowest BCUT2D eigenvalue weighted by molar-refractivity contribution is 0.0967. The third-order valence-electron chi connectivity index (χ3n) is 2.39. The zero-order chi connectivity index (χ0) is 12.7. The molecule has 0 saturated carbocycles. The van der Waals surface area contributed by atoms with Crippen molar-refractivity contribution < 1.29 is 18.6 Å². The van der Waals surface area contributed by atoms with Crippen molar-refractivity contribution in [2.45, 2.75) is 6.92 Å². The Morgan fingerprint density at radius 1 is 1.24 bits per heavy atom. The molecule has 0 heterocycles. The first-order chi connectivity index (χ1) is 8.19. The molecule has 1 aromatic carbocycles. The molecule has 0 aliphatic carbocycles. The van der Waals surface area contributed by atoms with Crippen LogP contribution in [0.1, 0.15) is 6.92 Å². The molecule has 5 heteroatoms. The van der Waals surface area contributed by atoms with Crippen LogP contribution < -0.4 is 4.90 Å². The number of likely N-dealkylation sites (N-methyl/N-ethyl adjacent to an activating group) is 1. The Hall–Kier alpha value is -1.20. The molecular formula is C12H17F2NO2. The molecule has 0 aromatic heterocycles. The summed E-state index contributed by atoms with van der Waals surface area (Å²) in [5.74, 6) is -1.70. The van der Waals surface area contributed by atoms with Gasteiger partial charge in [0.1, 0.15) is 0 Å². The van der Waals surface area contributed by atoms with Gasteiger partial charge in [-0.25, -0.2) is 8.78 Å². The van der Waals surface area contributed by atoms with Crippen LogP contribution in [0.5, 0.6) is 0 Å². The van der Waals surface area contributed by atoms with Gasteiger partial charge in [0, 0.05) is 24.8 Å². The van der Waals surface area contributed by atoms with E-state index < -0.39 is 11.6 Å². The first kappa shape index (κ1) is 13.9. The van der Waals surface area contributed by atoms with Crippen LogP contribution in [0.3, 0.4) is 0 Å². The molecule has 0 fully saturated rings. The van der Waals surface area contributed by atoms with Gasteiger partial charge in [-0.15, -0.1) is 0 Å². The summed E-state index contributed by atoms with van der Waals surface area (Å²) in [5, 5.41) is 8.54. The predicted octanol–water partition coefficient (Wildman–Crippen LogP) is 1.80. The summed E-state index contributed by atoms with van der Waals surface area (Å²) in [6.07, 6.45) is 0. The molecule has 0 aliphatic rings. The lowest BCUT2D eigenvalue weighted by Crippen LogP contribution is -2.27. The van der Waals surface area contributed by atoms with Crippen LogP contribution in [0.4, 0.5) is 14.5 Å². The maximum absolute atomic E-state index is 13.1. The summed E-state index contributed by atoms with van der Waals surface area (Å²) in [6, 6.07) is 3.82. The SMILES string of the molecule is CCN(CCOCCO)c1ccc(F)c(F)c1. The van der Waals surface area contributed by atoms with Crippen molar-refractivity contribution in [1.82, 2.24) is 0 Å². The number of benzene rings is 1. The summed E-state index contributed by atoms with van der Waals surface area (Å²) < 4.78 is 31.0. The molecule has 3 nitrogen and oxygen atoms in total. The number of rotatable bonds is 7. The van der Waals surface area contributed by atoms with Crippen molar-refractivity contribution in [2.75, 3.05) is 37.8 Å². The Morgan fingerprint density at radius 3 is 2.59 bits per heavy atom. The number of hydrogen-bond donors (Lipinski definition) is 1. The van der Waals surface area contributed by atoms with Crippen molar-refractivity contribution in [1.29, 1.82) is 0 Å². The number of aliphatic hydroxyl groups is 1. The lowest BCUT2D eigenvalue weighted by atomic mass is 10.2. The maximum Gasteiger partial charge on any atom is 0.160 e. The van der Waals surface area contributed by atoms with Gasteiger partial charge in [0.15, 0.2) is 11.6 Å². The number of anilines is 1. The minimum atomic E-state index is -0.850. The van der Waals surface area contributed by atoms with Crippen molar-refractivity contribution in [2.24, 2.45) is 0 Å². The standard InChI is InChI=1S/C12H17F2NO2/c1-2-15(5-7-17-8-6-16)10-3-4-11(13)12(14)9-10/h3-4,9,16H,2,5-8H2,1H3. The van der Waals surface area contributed by atoms with Gasteiger partial charge in [-0.05, 0) is 19.1 Å². The second-order valence-corrected chi connectivity index (χ2v) is 3.51. The van der Waals surface area contributed by atoms with Crippen LogP contribution in [0.15, 0.2) is 18.2 Å². The largest absolute Gasteiger partial charge is 0.394 e. The number of hydrogen-bond acceptors (Lipinski definition) is 3. The summed E-state index contributed by atoms with van der Waals surface area (Å²) >= 11 is 0. The number of aliphatic hydroxyl groups excluding tert-OH is 1. The van der Waals surface area contributed by atoms with Gasteiger partial charge >= 0.3 is 0 Å². The van der Waals surface area contributed by atoms with Crippen LogP contribution in [-0.2, 0) is 4.74 Å². The predicted molar refractivity (Wildman–Crippen MR) is 62.1 cm³/mol. The molecule has 1 rings (SSSR count). The molecule has 0 bridgehead atoms. The second-order valence-electron chi connectivity index (χ2n) is 3.51. The van der Waals surface area contributed by atoms with Crippen LogP contribution in [-0.4, -0.2) is 38.0 Å². The van der Waals surface area contributed by atoms with Crippen LogP contribution in [0.25, 0.3) is 0 Å². The second kappa shape index (κ2) is 7.19. The Morgan fingerprint density at radius 2 is 2.00 bits per heavy atom. The topological polar surface area (TPSA) is 32.7 Å². The van der Waals surface area contributed by atoms with Crippen LogP contribution >= 0.6 is 0 Å². The van der Waals surface area contributed by atoms with Crippen molar-refractivity contribution in [3.05, 3.63) is 29.8 Å². The quantitative estimate of drug-likeness (QED) is 0.743. The third kappa shape index (κ3) is 4.28. The van der Waals surface area contributed by atoms with E-state index in [9.17, 15) is 8.78 Å². The van der Waals surface area contributed by atoms with Crippen molar-refractivity contribution in [3.63, 3.8) is 0 Å². The summed E-state index contributed by atoms with van der Waals surface area (Å²) in [4.78, 5) is 1.87. The molecule has 0 radical (unpaired) electrons. The monoisotopic (exact) mass is 245 g/mol. The van der Waals surface area contributed by atoms with Gasteiger partial charge in [-0.1, -0.05) is 0 Å². The third-order valence-corrected chi connectivity index (χ3v) is 2.39. The molecule has 1 N–H and O–H groups in total. The van der Waals surface area contributed by atoms with Crippen molar-refractivity contribution in [3.8, 4) is 0 Å². The van der Waals surface area contributed by atoms with E-state index >= 15 is 0 Å². The highest BCUT2D eigenvalue weighted by Gasteiger charge is 2.08. The summed E-state index contributed by atoms with van der Waals surface area (Å²) in [7, 11) is 0. The fraction of sp³-hybridized carbons (Fsp3) is 0.500. The fourth-order valence-corrected chi connectivity index (χ4v) is 1.49. The van der Waals surface area contributed by atoms with Crippen LogP contribution in [0, 0.1) is 11.6 Å². The molecule has 0 saturated heterocycles. The molecule has 1 aromatic rings. The Bertz CT molecular complexity index is 347. The zero-order valence-electron chi connectivity index (χ0n) is 9.83. The smallest absolute Gasteiger partial charge is 0.160 e. The average molecular weight is 245 g/mol. The Balaban J connectivity index is 2.56. The average Bonchev–Trinajstić information content (AvgIpc) is 2.33. The molecule has 0 spiro atoms. The molecule has 17 heavy (non-hydrogen) atoms. The molecular weight excluding hydrogens is 228 g/mol. The zero-order valence-corrected chi connectivity index (χ0v) is 9.83. The highest BCUT2D eigenvalue weighted by Crippen LogP contribution is 2.17. The number of nitrogens with zero attached hydrogens (tertiary/aromatic N) is 1. The molecule has 0 amide bonds. The summed E-state index contributed by atoms with van der Waals surface area (Å²) in [6.45, 7) is 3.88. The number of ether oxygens (including phenoxy) is 1. The van der Waals surface area contributed by atoms with Gasteiger partial charge in [0.05, 0.1) is 19.8 Å². The molecule has 0 atom stereocenters. The van der Waals surface area contributed by atoms with Gasteiger partial charge in [-0.2, -0.15) is 0 Å². The fourth-order valence-electron chi connectivity index (χ4n) is 1.49. The lowest BCUT2D eigenvalue weighted by Gasteiger charge is -2.23. The van der Waals surface area contributed by atoms with Gasteiger partial charge in [-0.3, -0.25) is 0 Å². The van der Waals surface area contributed by atoms with E-state index in [0.29, 0.717) is 25.4 Å². The summed E-state index contributed by atoms with van der Waals surface area (Å²) in [5.41, 5.74) is 0.624. The Kier molecular flexibility index (Phi) is 5.86. The minimum absolute atomic E-state index is 0.0166. The van der Waals surface area contributed by atoms with E-state index in [-0.39, 0.29) is 13.2 Å². The first-order valence-corrected chi connectivity index (χ1v) is 5.57. The van der Waals surface area contributed by atoms with Gasteiger partial charge in [0.25, 0.3) is 0 Å². The van der Waals surface area contributed by atoms with E-state index in [1.165, 1.54) is 12.1 Å². The minimum Gasteiger partial charge on any atom is -0.394 e. The van der Waals surface area contributed by atoms with E-state index in [4.69, 9.17) is 9.84 Å². The maximum atomic E-state index is 13.1. The van der Waals surface area contributed by atoms with E-state index in [0.717, 1.165) is 6.07 Å². The molecule has 0 unspecified atom stereocenters. The normalized spacial score (nSPS) is 10.6. The highest BCUT2D eigenvalue weighted by molar-refractivity contribution is 5.46. The molecule has 96 valence electrons. The molecule has 0 aliphatic heterocycles. The number of halogens is 2. The van der Waals surface area contributed by atoms with Gasteiger partial charge in [0.2, 0.25) is 0 Å². The van der Waals surface area contributed by atoms with E-state index in [1.807, 2.05) is 11.8 Å². The van der Waals surface area contributed by atoms with E-state index in [1.54, 1.807) is 0 Å². The van der Waals surface area contributed by atoms with Crippen molar-refractivity contribution >= 4 is 5.69 Å².